The molecule has 0 bridgehead atoms. The lowest BCUT2D eigenvalue weighted by molar-refractivity contribution is 0.155. The second-order valence-corrected chi connectivity index (χ2v) is 6.54. The smallest absolute Gasteiger partial charge is 0.142 e. The van der Waals surface area contributed by atoms with Gasteiger partial charge >= 0.3 is 0 Å². The molecule has 1 heterocycles. The second-order valence-electron chi connectivity index (χ2n) is 6.54. The van der Waals surface area contributed by atoms with Gasteiger partial charge in [-0.2, -0.15) is 0 Å². The number of nitrogen functional groups attached to an aromatic ring is 1. The van der Waals surface area contributed by atoms with Gasteiger partial charge in [-0.05, 0) is 36.7 Å². The molecule has 0 spiro atoms. The zero-order chi connectivity index (χ0) is 16.8. The molecule has 4 nitrogen and oxygen atoms in total. The lowest BCUT2D eigenvalue weighted by Gasteiger charge is -2.32. The van der Waals surface area contributed by atoms with Crippen molar-refractivity contribution in [2.24, 2.45) is 0 Å². The Morgan fingerprint density at radius 2 is 1.71 bits per heavy atom. The summed E-state index contributed by atoms with van der Waals surface area (Å²) in [6.07, 6.45) is 1.03. The van der Waals surface area contributed by atoms with Crippen molar-refractivity contribution in [2.45, 2.75) is 13.0 Å². The van der Waals surface area contributed by atoms with Gasteiger partial charge in [-0.3, -0.25) is 0 Å². The molecule has 2 aromatic carbocycles. The quantitative estimate of drug-likeness (QED) is 0.829. The summed E-state index contributed by atoms with van der Waals surface area (Å²) in [6, 6.07) is 16.3. The number of hydrogen-bond donors (Lipinski definition) is 1. The summed E-state index contributed by atoms with van der Waals surface area (Å²) >= 11 is 0. The van der Waals surface area contributed by atoms with Crippen LogP contribution >= 0.6 is 0 Å². The van der Waals surface area contributed by atoms with Crippen molar-refractivity contribution < 1.29 is 4.74 Å². The lowest BCUT2D eigenvalue weighted by Crippen LogP contribution is -2.45. The Morgan fingerprint density at radius 3 is 2.42 bits per heavy atom. The first-order valence-corrected chi connectivity index (χ1v) is 8.67. The van der Waals surface area contributed by atoms with Gasteiger partial charge in [0.25, 0.3) is 0 Å². The highest BCUT2D eigenvalue weighted by atomic mass is 16.5. The van der Waals surface area contributed by atoms with Crippen LogP contribution in [0.5, 0.6) is 5.75 Å². The fraction of sp³-hybridized carbons (Fsp3) is 0.400. The highest BCUT2D eigenvalue weighted by Gasteiger charge is 2.13. The fourth-order valence-corrected chi connectivity index (χ4v) is 2.98. The topological polar surface area (TPSA) is 41.7 Å². The number of rotatable bonds is 6. The van der Waals surface area contributed by atoms with Crippen molar-refractivity contribution in [3.05, 3.63) is 59.7 Å². The van der Waals surface area contributed by atoms with Crippen molar-refractivity contribution in [3.63, 3.8) is 0 Å². The van der Waals surface area contributed by atoms with Crippen molar-refractivity contribution in [1.29, 1.82) is 0 Å². The molecule has 0 aliphatic carbocycles. The van der Waals surface area contributed by atoms with Crippen LogP contribution in [0.2, 0.25) is 0 Å². The van der Waals surface area contributed by atoms with E-state index in [9.17, 15) is 0 Å². The molecule has 3 rings (SSSR count). The highest BCUT2D eigenvalue weighted by molar-refractivity contribution is 5.54. The minimum Gasteiger partial charge on any atom is -0.487 e. The number of nitrogens with two attached hydrogens (primary N) is 1. The second kappa shape index (κ2) is 8.18. The van der Waals surface area contributed by atoms with Crippen LogP contribution in [0.4, 0.5) is 5.69 Å². The summed E-state index contributed by atoms with van der Waals surface area (Å²) in [6.45, 7) is 6.28. The maximum absolute atomic E-state index is 6.17. The molecule has 128 valence electrons. The maximum atomic E-state index is 6.17. The number of piperazine rings is 1. The van der Waals surface area contributed by atoms with E-state index < -0.39 is 0 Å². The van der Waals surface area contributed by atoms with Crippen molar-refractivity contribution >= 4 is 5.69 Å². The molecule has 0 saturated carbocycles. The summed E-state index contributed by atoms with van der Waals surface area (Å²) in [5.74, 6) is 0.766. The summed E-state index contributed by atoms with van der Waals surface area (Å²) in [5, 5.41) is 0. The van der Waals surface area contributed by atoms with Crippen LogP contribution in [0.15, 0.2) is 48.5 Å². The molecule has 0 amide bonds. The van der Waals surface area contributed by atoms with Gasteiger partial charge in [0.2, 0.25) is 0 Å². The zero-order valence-corrected chi connectivity index (χ0v) is 14.4. The Bertz CT molecular complexity index is 637. The van der Waals surface area contributed by atoms with Gasteiger partial charge in [-0.15, -0.1) is 0 Å². The van der Waals surface area contributed by atoms with Crippen LogP contribution in [0.1, 0.15) is 11.1 Å². The number of ether oxygens (including phenoxy) is 1. The molecular weight excluding hydrogens is 298 g/mol. The summed E-state index contributed by atoms with van der Waals surface area (Å²) in [7, 11) is 2.19. The largest absolute Gasteiger partial charge is 0.487 e. The van der Waals surface area contributed by atoms with Gasteiger partial charge < -0.3 is 20.3 Å². The SMILES string of the molecule is CN1CCN(CCc2ccc(OCc3ccccc3)c(N)c2)CC1. The molecule has 2 N–H and O–H groups in total. The number of anilines is 1. The van der Waals surface area contributed by atoms with Gasteiger partial charge in [-0.1, -0.05) is 36.4 Å². The van der Waals surface area contributed by atoms with E-state index in [1.54, 1.807) is 0 Å². The Morgan fingerprint density at radius 1 is 0.958 bits per heavy atom. The molecule has 1 aliphatic heterocycles. The van der Waals surface area contributed by atoms with Gasteiger partial charge in [0.15, 0.2) is 0 Å². The molecule has 0 aromatic heterocycles. The average Bonchev–Trinajstić information content (AvgIpc) is 2.61. The van der Waals surface area contributed by atoms with Crippen LogP contribution in [0, 0.1) is 0 Å². The Kier molecular flexibility index (Phi) is 5.72. The Labute approximate surface area is 144 Å². The number of likely N-dealkylation sites (N-methyl/N-ethyl adjacent to an activating group) is 1. The fourth-order valence-electron chi connectivity index (χ4n) is 2.98. The molecule has 0 radical (unpaired) electrons. The number of benzene rings is 2. The lowest BCUT2D eigenvalue weighted by atomic mass is 10.1. The van der Waals surface area contributed by atoms with E-state index in [2.05, 4.69) is 41.1 Å². The molecule has 0 unspecified atom stereocenters. The molecular formula is C20H27N3O. The van der Waals surface area contributed by atoms with Crippen LogP contribution in [0.25, 0.3) is 0 Å². The first-order valence-electron chi connectivity index (χ1n) is 8.67. The third-order valence-corrected chi connectivity index (χ3v) is 4.62. The molecule has 2 aromatic rings. The predicted octanol–water partition coefficient (Wildman–Crippen LogP) is 2.64. The van der Waals surface area contributed by atoms with Crippen LogP contribution in [0.3, 0.4) is 0 Å². The van der Waals surface area contributed by atoms with Gasteiger partial charge in [0.05, 0.1) is 5.69 Å². The zero-order valence-electron chi connectivity index (χ0n) is 14.4. The minimum absolute atomic E-state index is 0.547. The summed E-state index contributed by atoms with van der Waals surface area (Å²) in [5.41, 5.74) is 9.32. The van der Waals surface area contributed by atoms with E-state index in [0.29, 0.717) is 6.61 Å². The van der Waals surface area contributed by atoms with E-state index in [4.69, 9.17) is 10.5 Å². The van der Waals surface area contributed by atoms with Gasteiger partial charge in [0.1, 0.15) is 12.4 Å². The van der Waals surface area contributed by atoms with E-state index in [1.807, 2.05) is 24.3 Å². The van der Waals surface area contributed by atoms with E-state index in [-0.39, 0.29) is 0 Å². The molecule has 24 heavy (non-hydrogen) atoms. The monoisotopic (exact) mass is 325 g/mol. The molecule has 4 heteroatoms. The van der Waals surface area contributed by atoms with Crippen molar-refractivity contribution in [3.8, 4) is 5.75 Å². The van der Waals surface area contributed by atoms with E-state index in [1.165, 1.54) is 5.56 Å². The first-order chi connectivity index (χ1) is 11.7. The highest BCUT2D eigenvalue weighted by Crippen LogP contribution is 2.24. The van der Waals surface area contributed by atoms with Crippen LogP contribution < -0.4 is 10.5 Å². The molecule has 1 saturated heterocycles. The Hall–Kier alpha value is -2.04. The number of hydrogen-bond acceptors (Lipinski definition) is 4. The minimum atomic E-state index is 0.547. The standard InChI is InChI=1S/C20H27N3O/c1-22-11-13-23(14-12-22)10-9-17-7-8-20(19(21)15-17)24-16-18-5-3-2-4-6-18/h2-8,15H,9-14,16,21H2,1H3. The van der Waals surface area contributed by atoms with Gasteiger partial charge in [0, 0.05) is 32.7 Å². The predicted molar refractivity (Wildman–Crippen MR) is 99.3 cm³/mol. The normalized spacial score (nSPS) is 16.2. The number of nitrogens with zero attached hydrogens (tertiary/aromatic N) is 2. The Balaban J connectivity index is 1.50. The summed E-state index contributed by atoms with van der Waals surface area (Å²) < 4.78 is 5.84. The van der Waals surface area contributed by atoms with Crippen LogP contribution in [-0.2, 0) is 13.0 Å². The molecule has 1 aliphatic rings. The summed E-state index contributed by atoms with van der Waals surface area (Å²) in [4.78, 5) is 4.91. The van der Waals surface area contributed by atoms with Crippen molar-refractivity contribution in [2.75, 3.05) is 45.5 Å². The average molecular weight is 325 g/mol. The van der Waals surface area contributed by atoms with Gasteiger partial charge in [-0.25, -0.2) is 0 Å². The van der Waals surface area contributed by atoms with Crippen LogP contribution in [-0.4, -0.2) is 49.6 Å². The third-order valence-electron chi connectivity index (χ3n) is 4.62. The molecule has 0 atom stereocenters. The maximum Gasteiger partial charge on any atom is 0.142 e. The van der Waals surface area contributed by atoms with E-state index >= 15 is 0 Å². The molecule has 1 fully saturated rings. The van der Waals surface area contributed by atoms with Crippen molar-refractivity contribution in [1.82, 2.24) is 9.80 Å². The van der Waals surface area contributed by atoms with E-state index in [0.717, 1.165) is 56.1 Å². The first kappa shape index (κ1) is 16.8. The third kappa shape index (κ3) is 4.73.